The summed E-state index contributed by atoms with van der Waals surface area (Å²) in [6, 6.07) is 12.9. The monoisotopic (exact) mass is 376 g/mol. The van der Waals surface area contributed by atoms with Crippen molar-refractivity contribution in [1.29, 1.82) is 0 Å². The Labute approximate surface area is 143 Å². The van der Waals surface area contributed by atoms with Gasteiger partial charge in [-0.3, -0.25) is 4.79 Å². The van der Waals surface area contributed by atoms with Crippen LogP contribution < -0.4 is 14.9 Å². The molecule has 0 aromatic heterocycles. The molecule has 6 heteroatoms. The van der Waals surface area contributed by atoms with Gasteiger partial charge in [-0.2, -0.15) is 5.10 Å². The highest BCUT2D eigenvalue weighted by Gasteiger charge is 2.03. The second kappa shape index (κ2) is 8.33. The number of carbonyl (C=O) groups is 1. The number of ether oxygens (including phenoxy) is 2. The Morgan fingerprint density at radius 2 is 1.91 bits per heavy atom. The molecular weight excluding hydrogens is 360 g/mol. The number of benzene rings is 2. The Balaban J connectivity index is 1.89. The van der Waals surface area contributed by atoms with E-state index in [9.17, 15) is 4.79 Å². The fraction of sp³-hybridized carbons (Fsp3) is 0.176. The minimum Gasteiger partial charge on any atom is -0.497 e. The number of hydrogen-bond donors (Lipinski definition) is 1. The molecule has 0 aliphatic heterocycles. The molecule has 0 bridgehead atoms. The molecule has 0 spiro atoms. The summed E-state index contributed by atoms with van der Waals surface area (Å²) in [5, 5.41) is 3.96. The molecule has 120 valence electrons. The summed E-state index contributed by atoms with van der Waals surface area (Å²) in [6.07, 6.45) is 1.84. The van der Waals surface area contributed by atoms with Gasteiger partial charge < -0.3 is 9.47 Å². The maximum atomic E-state index is 11.8. The molecule has 0 heterocycles. The van der Waals surface area contributed by atoms with E-state index < -0.39 is 0 Å². The van der Waals surface area contributed by atoms with E-state index >= 15 is 0 Å². The van der Waals surface area contributed by atoms with Crippen molar-refractivity contribution < 1.29 is 14.3 Å². The van der Waals surface area contributed by atoms with Crippen LogP contribution in [-0.4, -0.2) is 26.3 Å². The zero-order chi connectivity index (χ0) is 16.7. The Kier molecular flexibility index (Phi) is 6.17. The lowest BCUT2D eigenvalue weighted by molar-refractivity contribution is -0.120. The number of nitrogens with zero attached hydrogens (tertiary/aromatic N) is 1. The minimum atomic E-state index is -0.181. The van der Waals surface area contributed by atoms with Gasteiger partial charge in [-0.1, -0.05) is 12.1 Å². The molecular formula is C17H17BrN2O3. The molecule has 0 saturated heterocycles. The number of carbonyl (C=O) groups excluding carboxylic acids is 1. The van der Waals surface area contributed by atoms with Crippen LogP contribution in [-0.2, 0) is 11.2 Å². The molecule has 2 rings (SSSR count). The minimum absolute atomic E-state index is 0.181. The first-order valence-electron chi connectivity index (χ1n) is 6.90. The lowest BCUT2D eigenvalue weighted by atomic mass is 10.1. The average Bonchev–Trinajstić information content (AvgIpc) is 2.56. The van der Waals surface area contributed by atoms with Crippen LogP contribution in [0.4, 0.5) is 0 Å². The van der Waals surface area contributed by atoms with Crippen LogP contribution in [0.2, 0.25) is 0 Å². The molecule has 1 amide bonds. The van der Waals surface area contributed by atoms with Gasteiger partial charge >= 0.3 is 0 Å². The van der Waals surface area contributed by atoms with Crippen molar-refractivity contribution in [3.8, 4) is 11.5 Å². The third-order valence-corrected chi connectivity index (χ3v) is 3.72. The van der Waals surface area contributed by atoms with E-state index in [1.54, 1.807) is 20.4 Å². The Hall–Kier alpha value is -2.34. The SMILES string of the molecule is COc1ccc(CC(=O)N/N=C\c2ccc(OC)c(Br)c2)cc1. The number of rotatable bonds is 6. The molecule has 1 N–H and O–H groups in total. The normalized spacial score (nSPS) is 10.6. The van der Waals surface area contributed by atoms with Crippen LogP contribution in [0.25, 0.3) is 0 Å². The molecule has 0 unspecified atom stereocenters. The number of nitrogens with one attached hydrogen (secondary N) is 1. The number of hydrazone groups is 1. The van der Waals surface area contributed by atoms with E-state index in [0.717, 1.165) is 27.1 Å². The molecule has 0 saturated carbocycles. The standard InChI is InChI=1S/C17H17BrN2O3/c1-22-14-6-3-12(4-7-14)10-17(21)20-19-11-13-5-8-16(23-2)15(18)9-13/h3-9,11H,10H2,1-2H3,(H,20,21)/b19-11-. The predicted octanol–water partition coefficient (Wildman–Crippen LogP) is 3.16. The first kappa shape index (κ1) is 17.0. The van der Waals surface area contributed by atoms with Crippen molar-refractivity contribution in [3.63, 3.8) is 0 Å². The summed E-state index contributed by atoms with van der Waals surface area (Å²) < 4.78 is 11.1. The van der Waals surface area contributed by atoms with Gasteiger partial charge in [0.2, 0.25) is 5.91 Å². The second-order valence-electron chi connectivity index (χ2n) is 4.71. The van der Waals surface area contributed by atoms with Gasteiger partial charge in [-0.05, 0) is 57.4 Å². The number of amides is 1. The zero-order valence-corrected chi connectivity index (χ0v) is 14.5. The van der Waals surface area contributed by atoms with Crippen LogP contribution >= 0.6 is 15.9 Å². The van der Waals surface area contributed by atoms with Crippen molar-refractivity contribution in [2.45, 2.75) is 6.42 Å². The van der Waals surface area contributed by atoms with E-state index in [2.05, 4.69) is 26.5 Å². The van der Waals surface area contributed by atoms with Crippen LogP contribution in [0.15, 0.2) is 52.0 Å². The summed E-state index contributed by atoms with van der Waals surface area (Å²) in [5.41, 5.74) is 4.25. The molecule has 23 heavy (non-hydrogen) atoms. The van der Waals surface area contributed by atoms with Crippen molar-refractivity contribution in [2.75, 3.05) is 14.2 Å². The Bertz CT molecular complexity index is 699. The third kappa shape index (κ3) is 5.10. The van der Waals surface area contributed by atoms with Gasteiger partial charge in [0, 0.05) is 0 Å². The second-order valence-corrected chi connectivity index (χ2v) is 5.57. The highest BCUT2D eigenvalue weighted by atomic mass is 79.9. The van der Waals surface area contributed by atoms with Crippen LogP contribution in [0, 0.1) is 0 Å². The van der Waals surface area contributed by atoms with Crippen LogP contribution in [0.5, 0.6) is 11.5 Å². The van der Waals surface area contributed by atoms with Crippen molar-refractivity contribution in [1.82, 2.24) is 5.43 Å². The fourth-order valence-electron chi connectivity index (χ4n) is 1.91. The summed E-state index contributed by atoms with van der Waals surface area (Å²) in [6.45, 7) is 0. The van der Waals surface area contributed by atoms with E-state index in [1.165, 1.54) is 0 Å². The average molecular weight is 377 g/mol. The van der Waals surface area contributed by atoms with Gasteiger partial charge in [0.1, 0.15) is 11.5 Å². The maximum Gasteiger partial charge on any atom is 0.244 e. The smallest absolute Gasteiger partial charge is 0.244 e. The largest absolute Gasteiger partial charge is 0.497 e. The van der Waals surface area contributed by atoms with Gasteiger partial charge in [-0.15, -0.1) is 0 Å². The number of methoxy groups -OCH3 is 2. The van der Waals surface area contributed by atoms with Gasteiger partial charge in [0.25, 0.3) is 0 Å². The van der Waals surface area contributed by atoms with Crippen molar-refractivity contribution >= 4 is 28.1 Å². The Morgan fingerprint density at radius 3 is 2.52 bits per heavy atom. The number of hydrogen-bond acceptors (Lipinski definition) is 4. The van der Waals surface area contributed by atoms with Gasteiger partial charge in [-0.25, -0.2) is 5.43 Å². The maximum absolute atomic E-state index is 11.8. The molecule has 0 aliphatic carbocycles. The predicted molar refractivity (Wildman–Crippen MR) is 93.1 cm³/mol. The molecule has 0 fully saturated rings. The number of halogens is 1. The fourth-order valence-corrected chi connectivity index (χ4v) is 2.47. The first-order valence-corrected chi connectivity index (χ1v) is 7.70. The quantitative estimate of drug-likeness (QED) is 0.622. The summed E-state index contributed by atoms with van der Waals surface area (Å²) in [4.78, 5) is 11.8. The molecule has 0 atom stereocenters. The molecule has 2 aromatic rings. The van der Waals surface area contributed by atoms with E-state index in [4.69, 9.17) is 9.47 Å². The summed E-state index contributed by atoms with van der Waals surface area (Å²) in [5.74, 6) is 1.32. The first-order chi connectivity index (χ1) is 11.1. The molecule has 5 nitrogen and oxygen atoms in total. The lowest BCUT2D eigenvalue weighted by Gasteiger charge is -2.04. The topological polar surface area (TPSA) is 59.9 Å². The summed E-state index contributed by atoms with van der Waals surface area (Å²) >= 11 is 3.40. The third-order valence-electron chi connectivity index (χ3n) is 3.10. The van der Waals surface area contributed by atoms with Gasteiger partial charge in [0.15, 0.2) is 0 Å². The van der Waals surface area contributed by atoms with Crippen LogP contribution in [0.1, 0.15) is 11.1 Å². The highest BCUT2D eigenvalue weighted by Crippen LogP contribution is 2.24. The lowest BCUT2D eigenvalue weighted by Crippen LogP contribution is -2.19. The molecule has 2 aromatic carbocycles. The highest BCUT2D eigenvalue weighted by molar-refractivity contribution is 9.10. The molecule has 0 aliphatic rings. The van der Waals surface area contributed by atoms with Crippen LogP contribution in [0.3, 0.4) is 0 Å². The molecule has 0 radical (unpaired) electrons. The van der Waals surface area contributed by atoms with E-state index in [0.29, 0.717) is 0 Å². The van der Waals surface area contributed by atoms with Crippen molar-refractivity contribution in [2.24, 2.45) is 5.10 Å². The Morgan fingerprint density at radius 1 is 1.17 bits per heavy atom. The van der Waals surface area contributed by atoms with Gasteiger partial charge in [0.05, 0.1) is 31.3 Å². The van der Waals surface area contributed by atoms with E-state index in [-0.39, 0.29) is 12.3 Å². The summed E-state index contributed by atoms with van der Waals surface area (Å²) in [7, 11) is 3.21. The van der Waals surface area contributed by atoms with Crippen molar-refractivity contribution in [3.05, 3.63) is 58.1 Å². The zero-order valence-electron chi connectivity index (χ0n) is 12.9. The van der Waals surface area contributed by atoms with E-state index in [1.807, 2.05) is 42.5 Å².